The Morgan fingerprint density at radius 1 is 2.00 bits per heavy atom. The molecule has 0 aromatic rings. The van der Waals surface area contributed by atoms with Crippen LogP contribution in [0.1, 0.15) is 20.3 Å². The molecule has 2 unspecified atom stereocenters. The van der Waals surface area contributed by atoms with Gasteiger partial charge in [0, 0.05) is 6.42 Å². The molecular weight excluding hydrogens is 146 g/mol. The second-order valence-electron chi connectivity index (χ2n) is 3.19. The summed E-state index contributed by atoms with van der Waals surface area (Å²) in [5.41, 5.74) is 4.76. The van der Waals surface area contributed by atoms with E-state index in [2.05, 4.69) is 5.11 Å². The minimum Gasteiger partial charge on any atom is -0.368 e. The molecule has 4 heteroatoms. The molecule has 0 bridgehead atoms. The van der Waals surface area contributed by atoms with Crippen LogP contribution < -0.4 is 5.73 Å². The summed E-state index contributed by atoms with van der Waals surface area (Å²) in [4.78, 5) is 11.3. The van der Waals surface area contributed by atoms with Gasteiger partial charge in [-0.25, -0.2) is 0 Å². The van der Waals surface area contributed by atoms with Gasteiger partial charge in [-0.1, -0.05) is 0 Å². The molecule has 3 atom stereocenters. The molecule has 1 aliphatic rings. The molecule has 0 aromatic carbocycles. The summed E-state index contributed by atoms with van der Waals surface area (Å²) in [6.45, 7) is 3.24. The number of rotatable bonds is 1. The Bertz CT molecular complexity index is 195. The average molecular weight is 161 g/mol. The first-order chi connectivity index (χ1) is 5.47. The van der Waals surface area contributed by atoms with Gasteiger partial charge in [-0.2, -0.15) is 0 Å². The molecule has 1 saturated heterocycles. The molecule has 0 spiro atoms. The van der Waals surface area contributed by atoms with Crippen LogP contribution in [0.5, 0.6) is 0 Å². The van der Waals surface area contributed by atoms with Crippen LogP contribution in [-0.4, -0.2) is 30.3 Å². The van der Waals surface area contributed by atoms with Crippen molar-refractivity contribution in [2.75, 3.05) is 0 Å². The Labute approximate surface area is 66.8 Å². The largest absolute Gasteiger partial charge is 0.368 e. The first-order valence-electron chi connectivity index (χ1n) is 3.99. The summed E-state index contributed by atoms with van der Waals surface area (Å²) in [5, 5.41) is 4.24. The number of carbonyl (C=O) groups is 1. The van der Waals surface area contributed by atoms with E-state index in [1.807, 2.05) is 0 Å². The average Bonchev–Trinajstić information content (AvgIpc) is 1.99. The third kappa shape index (κ3) is 1.58. The summed E-state index contributed by atoms with van der Waals surface area (Å²) in [7, 11) is 0. The van der Waals surface area contributed by atoms with Crippen molar-refractivity contribution in [1.82, 2.24) is 0 Å². The van der Waals surface area contributed by atoms with Gasteiger partial charge in [-0.3, -0.25) is 4.79 Å². The number of Topliss-reactive ketones (excluding diaryl/α,β-unsaturated/α-hetero) is 1. The van der Waals surface area contributed by atoms with Crippen molar-refractivity contribution in [2.24, 2.45) is 5.73 Å². The fourth-order valence-corrected chi connectivity index (χ4v) is 1.25. The molecule has 0 radical (unpaired) electrons. The van der Waals surface area contributed by atoms with Crippen LogP contribution in [0.15, 0.2) is 0 Å². The lowest BCUT2D eigenvalue weighted by Crippen LogP contribution is -2.57. The number of nitrogens with two attached hydrogens (primary N) is 1. The van der Waals surface area contributed by atoms with E-state index in [1.54, 1.807) is 13.8 Å². The lowest BCUT2D eigenvalue weighted by atomic mass is 9.88. The highest BCUT2D eigenvalue weighted by Crippen LogP contribution is 2.21. The Balaban J connectivity index is 2.72. The van der Waals surface area contributed by atoms with Crippen LogP contribution in [0.3, 0.4) is 0 Å². The molecule has 4 nitrogen and oxygen atoms in total. The van der Waals surface area contributed by atoms with E-state index in [0.717, 1.165) is 0 Å². The Kier molecular flexibility index (Phi) is 1.67. The van der Waals surface area contributed by atoms with Crippen molar-refractivity contribution in [3.8, 4) is 0 Å². The zero-order valence-electron chi connectivity index (χ0n) is 7.66. The van der Waals surface area contributed by atoms with E-state index in [9.17, 15) is 4.79 Å². The minimum atomic E-state index is -0.927. The lowest BCUT2D eigenvalue weighted by molar-refractivity contribution is -0.183. The number of carbonyl (C=O) groups excluding carboxylic acids is 1. The van der Waals surface area contributed by atoms with Crippen molar-refractivity contribution < 1.29 is 14.6 Å². The standard InChI is InChI=1S/C7H13NO3/c1-4-6(10)7(2,8)3-5(9)11-4/h4-5,9H,3,8H2,1-2H3/t4?,5?,7-/m1/s1/i9T. The molecule has 11 heavy (non-hydrogen) atoms. The molecule has 0 amide bonds. The predicted octanol–water partition coefficient (Wildman–Crippen LogP) is -0.600. The van der Waals surface area contributed by atoms with E-state index < -0.39 is 17.9 Å². The number of ether oxygens (including phenoxy) is 1. The van der Waals surface area contributed by atoms with Crippen molar-refractivity contribution in [3.63, 3.8) is 0 Å². The summed E-state index contributed by atoms with van der Waals surface area (Å²) >= 11 is 0. The number of ketones is 1. The monoisotopic (exact) mass is 161 g/mol. The highest BCUT2D eigenvalue weighted by atomic mass is 16.6. The third-order valence-electron chi connectivity index (χ3n) is 1.88. The van der Waals surface area contributed by atoms with Crippen molar-refractivity contribution in [1.29, 1.82) is 1.43 Å². The van der Waals surface area contributed by atoms with Gasteiger partial charge < -0.3 is 15.6 Å². The topological polar surface area (TPSA) is 72.5 Å². The van der Waals surface area contributed by atoms with Gasteiger partial charge in [0.05, 0.1) is 5.54 Å². The highest BCUT2D eigenvalue weighted by Gasteiger charge is 2.40. The van der Waals surface area contributed by atoms with Gasteiger partial charge in [0.2, 0.25) is 1.43 Å². The van der Waals surface area contributed by atoms with Crippen molar-refractivity contribution in [3.05, 3.63) is 0 Å². The van der Waals surface area contributed by atoms with Crippen LogP contribution in [0.4, 0.5) is 0 Å². The predicted molar refractivity (Wildman–Crippen MR) is 38.8 cm³/mol. The van der Waals surface area contributed by atoms with Gasteiger partial charge in [-0.15, -0.1) is 0 Å². The fourth-order valence-electron chi connectivity index (χ4n) is 1.25. The number of aliphatic hydroxyl groups is 1. The Morgan fingerprint density at radius 2 is 2.64 bits per heavy atom. The van der Waals surface area contributed by atoms with E-state index in [4.69, 9.17) is 11.9 Å². The maximum atomic E-state index is 11.3. The second-order valence-corrected chi connectivity index (χ2v) is 3.19. The minimum absolute atomic E-state index is 0.143. The maximum absolute atomic E-state index is 11.3. The first kappa shape index (κ1) is 7.21. The summed E-state index contributed by atoms with van der Waals surface area (Å²) in [5.74, 6) is -0.143. The van der Waals surface area contributed by atoms with E-state index >= 15 is 0 Å². The molecule has 1 fully saturated rings. The Morgan fingerprint density at radius 3 is 3.09 bits per heavy atom. The molecular formula is C7H13NO3. The smallest absolute Gasteiger partial charge is 0.213 e. The van der Waals surface area contributed by atoms with Gasteiger partial charge >= 0.3 is 0 Å². The fraction of sp³-hybridized carbons (Fsp3) is 0.857. The number of hydrogen-bond acceptors (Lipinski definition) is 4. The molecule has 1 rings (SSSR count). The molecule has 3 N–H and O–H groups in total. The van der Waals surface area contributed by atoms with Crippen LogP contribution in [0.2, 0.25) is 0 Å². The zero-order valence-corrected chi connectivity index (χ0v) is 6.66. The first-order valence-corrected chi connectivity index (χ1v) is 3.58. The molecule has 64 valence electrons. The molecule has 0 aromatic heterocycles. The molecule has 1 heterocycles. The summed E-state index contributed by atoms with van der Waals surface area (Å²) in [6.07, 6.45) is -1.03. The SMILES string of the molecule is [3H]OC1C[C@@](C)(N)C(=O)C(C)O1. The number of aliphatic hydroxyl groups excluding tert-OH is 1. The van der Waals surface area contributed by atoms with Crippen LogP contribution in [0.25, 0.3) is 0 Å². The quantitative estimate of drug-likeness (QED) is 0.538. The van der Waals surface area contributed by atoms with Gasteiger partial charge in [0.1, 0.15) is 6.10 Å². The Hall–Kier alpha value is -0.450. The molecule has 0 saturated carbocycles. The second kappa shape index (κ2) is 2.55. The van der Waals surface area contributed by atoms with Crippen LogP contribution >= 0.6 is 0 Å². The van der Waals surface area contributed by atoms with Gasteiger partial charge in [0.25, 0.3) is 0 Å². The summed E-state index contributed by atoms with van der Waals surface area (Å²) in [6, 6.07) is 0. The normalized spacial score (nSPS) is 47.2. The van der Waals surface area contributed by atoms with Crippen molar-refractivity contribution >= 4 is 5.78 Å². The van der Waals surface area contributed by atoms with Crippen LogP contribution in [-0.2, 0) is 9.53 Å². The zero-order chi connectivity index (χ0) is 9.35. The molecule has 1 aliphatic heterocycles. The van der Waals surface area contributed by atoms with E-state index in [-0.39, 0.29) is 12.2 Å². The molecule has 0 aliphatic carbocycles. The highest BCUT2D eigenvalue weighted by molar-refractivity contribution is 5.91. The maximum Gasteiger partial charge on any atom is 0.213 e. The van der Waals surface area contributed by atoms with Gasteiger partial charge in [-0.05, 0) is 13.8 Å². The number of hydrogen-bond donors (Lipinski definition) is 2. The summed E-state index contributed by atoms with van der Waals surface area (Å²) < 4.78 is 11.7. The van der Waals surface area contributed by atoms with Gasteiger partial charge in [0.15, 0.2) is 12.1 Å². The van der Waals surface area contributed by atoms with E-state index in [1.165, 1.54) is 0 Å². The van der Waals surface area contributed by atoms with E-state index in [0.29, 0.717) is 0 Å². The van der Waals surface area contributed by atoms with Crippen molar-refractivity contribution in [2.45, 2.75) is 38.2 Å². The lowest BCUT2D eigenvalue weighted by Gasteiger charge is -2.34. The third-order valence-corrected chi connectivity index (χ3v) is 1.88. The van der Waals surface area contributed by atoms with Crippen LogP contribution in [0, 0.1) is 0 Å².